The molecule has 0 aliphatic heterocycles. The first-order chi connectivity index (χ1) is 18.5. The molecule has 0 atom stereocenters. The average Bonchev–Trinajstić information content (AvgIpc) is 3.30. The van der Waals surface area contributed by atoms with Gasteiger partial charge < -0.3 is 9.84 Å². The minimum atomic E-state index is -0.708. The molecule has 0 fully saturated rings. The standard InChI is InChI=1S/C25H20Cl2F2N6O4/c1-3-35(32-24(36)16-6-18(27)12-34(38)11-16)25(37)30-10-15-5-4-14(7-20(15)28)19-8-17(26)9-21(29)22(19)23-31-13(2)39-33-23/h4-9,11-12H,3,10H2,1-2H3,(H2-,30,32,36,37,38)/p+1. The fraction of sp³-hybridized carbons (Fsp3) is 0.160. The number of aromatic nitrogens is 3. The van der Waals surface area contributed by atoms with E-state index in [2.05, 4.69) is 20.9 Å². The zero-order valence-corrected chi connectivity index (χ0v) is 22.0. The zero-order valence-electron chi connectivity index (χ0n) is 20.5. The number of pyridine rings is 1. The van der Waals surface area contributed by atoms with E-state index in [1.165, 1.54) is 36.5 Å². The number of amides is 3. The second kappa shape index (κ2) is 11.6. The minimum Gasteiger partial charge on any atom is -0.339 e. The third kappa shape index (κ3) is 6.41. The van der Waals surface area contributed by atoms with Crippen LogP contribution in [0.1, 0.15) is 28.7 Å². The SMILES string of the molecule is CCN(NC(=O)c1cc(Cl)c[n+](O)c1)C(=O)NCc1ccc(-c2cc(Cl)cc(F)c2-c2noc(C)n2)cc1F. The molecule has 0 radical (unpaired) electrons. The van der Waals surface area contributed by atoms with E-state index < -0.39 is 23.6 Å². The molecule has 3 amide bonds. The largest absolute Gasteiger partial charge is 0.339 e. The van der Waals surface area contributed by atoms with Gasteiger partial charge in [0.05, 0.1) is 5.56 Å². The Morgan fingerprint density at radius 2 is 1.87 bits per heavy atom. The van der Waals surface area contributed by atoms with Crippen LogP contribution in [-0.2, 0) is 6.54 Å². The fourth-order valence-corrected chi connectivity index (χ4v) is 4.09. The van der Waals surface area contributed by atoms with E-state index in [4.69, 9.17) is 27.7 Å². The molecule has 0 unspecified atom stereocenters. The van der Waals surface area contributed by atoms with Crippen LogP contribution in [-0.4, -0.2) is 38.8 Å². The van der Waals surface area contributed by atoms with Crippen LogP contribution in [0.5, 0.6) is 0 Å². The van der Waals surface area contributed by atoms with Crippen LogP contribution in [0.15, 0.2) is 53.3 Å². The Morgan fingerprint density at radius 1 is 1.10 bits per heavy atom. The summed E-state index contributed by atoms with van der Waals surface area (Å²) in [6, 6.07) is 7.29. The lowest BCUT2D eigenvalue weighted by molar-refractivity contribution is -0.904. The Morgan fingerprint density at radius 3 is 2.51 bits per heavy atom. The highest BCUT2D eigenvalue weighted by Gasteiger charge is 2.21. The van der Waals surface area contributed by atoms with Gasteiger partial charge in [-0.1, -0.05) is 40.5 Å². The van der Waals surface area contributed by atoms with E-state index in [1.807, 2.05) is 0 Å². The molecule has 0 saturated carbocycles. The zero-order chi connectivity index (χ0) is 28.3. The Balaban J connectivity index is 1.49. The number of nitrogens with zero attached hydrogens (tertiary/aromatic N) is 4. The summed E-state index contributed by atoms with van der Waals surface area (Å²) in [7, 11) is 0. The lowest BCUT2D eigenvalue weighted by Gasteiger charge is -2.22. The Labute approximate surface area is 230 Å². The number of carbonyl (C=O) groups is 2. The lowest BCUT2D eigenvalue weighted by atomic mass is 9.97. The summed E-state index contributed by atoms with van der Waals surface area (Å²) in [6.45, 7) is 3.04. The van der Waals surface area contributed by atoms with Gasteiger partial charge in [-0.3, -0.25) is 15.4 Å². The third-order valence-electron chi connectivity index (χ3n) is 5.48. The molecule has 0 spiro atoms. The first kappa shape index (κ1) is 27.7. The molecule has 0 saturated heterocycles. The van der Waals surface area contributed by atoms with Gasteiger partial charge in [0.2, 0.25) is 24.1 Å². The number of carbonyl (C=O) groups excluding carboxylic acids is 2. The van der Waals surface area contributed by atoms with E-state index in [1.54, 1.807) is 13.8 Å². The van der Waals surface area contributed by atoms with Gasteiger partial charge in [-0.15, -0.1) is 0 Å². The monoisotopic (exact) mass is 577 g/mol. The number of urea groups is 1. The number of hydrogen-bond acceptors (Lipinski definition) is 6. The number of halogens is 4. The summed E-state index contributed by atoms with van der Waals surface area (Å²) < 4.78 is 35.5. The molecule has 10 nitrogen and oxygen atoms in total. The van der Waals surface area contributed by atoms with Crippen LogP contribution < -0.4 is 15.5 Å². The van der Waals surface area contributed by atoms with E-state index in [-0.39, 0.29) is 57.1 Å². The van der Waals surface area contributed by atoms with Gasteiger partial charge in [0, 0.05) is 35.3 Å². The maximum atomic E-state index is 15.1. The molecule has 2 aromatic carbocycles. The molecular weight excluding hydrogens is 557 g/mol. The van der Waals surface area contributed by atoms with Crippen molar-refractivity contribution in [3.8, 4) is 22.5 Å². The highest BCUT2D eigenvalue weighted by atomic mass is 35.5. The third-order valence-corrected chi connectivity index (χ3v) is 5.91. The predicted molar refractivity (Wildman–Crippen MR) is 136 cm³/mol. The normalized spacial score (nSPS) is 10.8. The molecule has 2 aromatic heterocycles. The highest BCUT2D eigenvalue weighted by Crippen LogP contribution is 2.36. The van der Waals surface area contributed by atoms with Crippen molar-refractivity contribution in [3.05, 3.63) is 87.5 Å². The molecular formula is C25H21Cl2F2N6O4+. The number of hydrazine groups is 1. The second-order valence-corrected chi connectivity index (χ2v) is 9.09. The number of nitrogens with one attached hydrogen (secondary N) is 2. The van der Waals surface area contributed by atoms with Gasteiger partial charge in [0.25, 0.3) is 5.91 Å². The number of aryl methyl sites for hydroxylation is 1. The fourth-order valence-electron chi connectivity index (χ4n) is 3.67. The number of benzene rings is 2. The van der Waals surface area contributed by atoms with E-state index >= 15 is 4.39 Å². The van der Waals surface area contributed by atoms with Crippen LogP contribution in [0.2, 0.25) is 10.0 Å². The molecule has 14 heteroatoms. The Bertz CT molecular complexity index is 1550. The van der Waals surface area contributed by atoms with Crippen molar-refractivity contribution in [2.45, 2.75) is 20.4 Å². The van der Waals surface area contributed by atoms with Gasteiger partial charge in [-0.05, 0) is 42.3 Å². The summed E-state index contributed by atoms with van der Waals surface area (Å²) >= 11 is 11.9. The molecule has 4 rings (SSSR count). The van der Waals surface area contributed by atoms with Crippen LogP contribution in [0.4, 0.5) is 13.6 Å². The second-order valence-electron chi connectivity index (χ2n) is 8.22. The topological polar surface area (TPSA) is 124 Å². The van der Waals surface area contributed by atoms with Crippen molar-refractivity contribution in [3.63, 3.8) is 0 Å². The highest BCUT2D eigenvalue weighted by molar-refractivity contribution is 6.31. The maximum Gasteiger partial charge on any atom is 0.336 e. The van der Waals surface area contributed by atoms with Crippen molar-refractivity contribution in [1.29, 1.82) is 0 Å². The molecule has 39 heavy (non-hydrogen) atoms. The van der Waals surface area contributed by atoms with Crippen LogP contribution in [0.25, 0.3) is 22.5 Å². The average molecular weight is 578 g/mol. The predicted octanol–water partition coefficient (Wildman–Crippen LogP) is 4.70. The number of rotatable bonds is 6. The maximum absolute atomic E-state index is 15.1. The molecule has 3 N–H and O–H groups in total. The summed E-state index contributed by atoms with van der Waals surface area (Å²) in [6.07, 6.45) is 2.29. The van der Waals surface area contributed by atoms with Crippen molar-refractivity contribution in [2.24, 2.45) is 0 Å². The summed E-state index contributed by atoms with van der Waals surface area (Å²) in [5.41, 5.74) is 3.07. The quantitative estimate of drug-likeness (QED) is 0.173. The first-order valence-electron chi connectivity index (χ1n) is 11.4. The van der Waals surface area contributed by atoms with Gasteiger partial charge in [0.15, 0.2) is 0 Å². The van der Waals surface area contributed by atoms with Gasteiger partial charge >= 0.3 is 6.03 Å². The van der Waals surface area contributed by atoms with Crippen LogP contribution in [0.3, 0.4) is 0 Å². The molecule has 202 valence electrons. The van der Waals surface area contributed by atoms with Crippen LogP contribution >= 0.6 is 23.2 Å². The molecule has 2 heterocycles. The van der Waals surface area contributed by atoms with Crippen molar-refractivity contribution >= 4 is 35.1 Å². The van der Waals surface area contributed by atoms with E-state index in [9.17, 15) is 19.2 Å². The van der Waals surface area contributed by atoms with Crippen molar-refractivity contribution in [1.82, 2.24) is 25.9 Å². The molecule has 0 aliphatic rings. The van der Waals surface area contributed by atoms with Crippen molar-refractivity contribution < 1.29 is 32.8 Å². The van der Waals surface area contributed by atoms with Crippen LogP contribution in [0, 0.1) is 18.6 Å². The molecule has 0 aliphatic carbocycles. The summed E-state index contributed by atoms with van der Waals surface area (Å²) in [5, 5.41) is 17.0. The molecule has 4 aromatic rings. The van der Waals surface area contributed by atoms with Gasteiger partial charge in [0.1, 0.15) is 22.2 Å². The Kier molecular flexibility index (Phi) is 8.27. The summed E-state index contributed by atoms with van der Waals surface area (Å²) in [4.78, 5) is 29.2. The van der Waals surface area contributed by atoms with Gasteiger partial charge in [-0.2, -0.15) is 4.98 Å². The molecule has 0 bridgehead atoms. The number of hydrogen-bond donors (Lipinski definition) is 3. The lowest BCUT2D eigenvalue weighted by Crippen LogP contribution is -2.50. The first-order valence-corrected chi connectivity index (χ1v) is 12.2. The van der Waals surface area contributed by atoms with E-state index in [0.29, 0.717) is 10.3 Å². The summed E-state index contributed by atoms with van der Waals surface area (Å²) in [5.74, 6) is -1.87. The van der Waals surface area contributed by atoms with Gasteiger partial charge in [-0.25, -0.2) is 18.6 Å². The minimum absolute atomic E-state index is 0.00236. The Hall–Kier alpha value is -4.29. The smallest absolute Gasteiger partial charge is 0.336 e. The van der Waals surface area contributed by atoms with Crippen molar-refractivity contribution in [2.75, 3.05) is 6.54 Å². The van der Waals surface area contributed by atoms with E-state index in [0.717, 1.165) is 17.3 Å².